The monoisotopic (exact) mass is 416 g/mol. The number of hydrogen-bond acceptors (Lipinski definition) is 7. The average molecular weight is 416 g/mol. The van der Waals surface area contributed by atoms with Gasteiger partial charge in [-0.05, 0) is 41.8 Å². The summed E-state index contributed by atoms with van der Waals surface area (Å²) in [7, 11) is 0. The van der Waals surface area contributed by atoms with E-state index in [1.807, 2.05) is 4.90 Å². The maximum Gasteiger partial charge on any atom is 0.270 e. The Morgan fingerprint density at radius 2 is 1.81 bits per heavy atom. The largest absolute Gasteiger partial charge is 0.353 e. The molecule has 0 aliphatic carbocycles. The van der Waals surface area contributed by atoms with Crippen LogP contribution in [0, 0.1) is 37.5 Å². The van der Waals surface area contributed by atoms with Crippen molar-refractivity contribution < 1.29 is 14.6 Å². The average Bonchev–Trinajstić information content (AvgIpc) is 3.05. The van der Waals surface area contributed by atoms with Gasteiger partial charge in [-0.25, -0.2) is 0 Å². The van der Waals surface area contributed by atoms with Crippen LogP contribution in [0.3, 0.4) is 0 Å². The Labute approximate surface area is 176 Å². The number of nitro benzene ring substituents is 2. The molecule has 3 atom stereocenters. The molecule has 2 heterocycles. The molecule has 9 heteroatoms. The zero-order chi connectivity index (χ0) is 22.1. The highest BCUT2D eigenvalue weighted by molar-refractivity contribution is 5.98. The Morgan fingerprint density at radius 3 is 2.45 bits per heavy atom. The number of fused-ring (bicyclic) bond motifs is 2. The standard InChI is InChI=1S/C22H16N4O5/c23-13-16-12-21-22(27)9-8-19(16)24(21)20(15-4-6-17(7-5-15)25(28)29)11-14-2-1-3-18(10-14)26(30)31/h1-11,16,19,21H,12H2/b20-11+/t16-,19?,21?/m1/s1. The molecule has 154 valence electrons. The topological polar surface area (TPSA) is 130 Å². The fraction of sp³-hybridized carbons (Fsp3) is 0.182. The van der Waals surface area contributed by atoms with Crippen molar-refractivity contribution in [3.63, 3.8) is 0 Å². The highest BCUT2D eigenvalue weighted by Gasteiger charge is 2.46. The van der Waals surface area contributed by atoms with Crippen LogP contribution in [0.25, 0.3) is 11.8 Å². The van der Waals surface area contributed by atoms with Gasteiger partial charge in [0.25, 0.3) is 11.4 Å². The number of carbonyl (C=O) groups excluding carboxylic acids is 1. The third-order valence-corrected chi connectivity index (χ3v) is 5.53. The van der Waals surface area contributed by atoms with Crippen LogP contribution in [0.4, 0.5) is 11.4 Å². The number of nitro groups is 2. The zero-order valence-corrected chi connectivity index (χ0v) is 16.1. The molecule has 2 bridgehead atoms. The van der Waals surface area contributed by atoms with Crippen LogP contribution in [0.2, 0.25) is 0 Å². The molecule has 1 saturated heterocycles. The Bertz CT molecular complexity index is 1180. The molecule has 0 spiro atoms. The number of nitrogens with zero attached hydrogens (tertiary/aromatic N) is 4. The smallest absolute Gasteiger partial charge is 0.270 e. The first-order valence-electron chi connectivity index (χ1n) is 9.50. The lowest BCUT2D eigenvalue weighted by Gasteiger charge is -2.35. The maximum atomic E-state index is 12.6. The number of nitriles is 1. The second-order valence-electron chi connectivity index (χ2n) is 7.33. The number of hydrogen-bond donors (Lipinski definition) is 0. The van der Waals surface area contributed by atoms with Crippen molar-refractivity contribution in [1.82, 2.24) is 4.90 Å². The maximum absolute atomic E-state index is 12.6. The van der Waals surface area contributed by atoms with Crippen LogP contribution >= 0.6 is 0 Å². The summed E-state index contributed by atoms with van der Waals surface area (Å²) in [4.78, 5) is 35.6. The minimum absolute atomic E-state index is 0.0778. The van der Waals surface area contributed by atoms with Gasteiger partial charge in [-0.1, -0.05) is 18.2 Å². The number of carbonyl (C=O) groups is 1. The number of benzene rings is 2. The van der Waals surface area contributed by atoms with Gasteiger partial charge in [-0.15, -0.1) is 0 Å². The number of rotatable bonds is 5. The van der Waals surface area contributed by atoms with Crippen LogP contribution in [0.5, 0.6) is 0 Å². The quantitative estimate of drug-likeness (QED) is 0.412. The molecule has 0 amide bonds. The third kappa shape index (κ3) is 3.67. The molecule has 0 N–H and O–H groups in total. The van der Waals surface area contributed by atoms with Gasteiger partial charge < -0.3 is 4.90 Å². The predicted octanol–water partition coefficient (Wildman–Crippen LogP) is 3.72. The SMILES string of the molecule is N#C[C@H]1CC2C(=O)C=CC1N2/C(=C/c1cccc([N+](=O)[O-])c1)c1ccc([N+](=O)[O-])cc1. The van der Waals surface area contributed by atoms with E-state index < -0.39 is 15.9 Å². The molecule has 0 radical (unpaired) electrons. The van der Waals surface area contributed by atoms with Gasteiger partial charge in [0.05, 0.1) is 33.9 Å². The van der Waals surface area contributed by atoms with Crippen molar-refractivity contribution in [2.45, 2.75) is 18.5 Å². The molecule has 4 rings (SSSR count). The van der Waals surface area contributed by atoms with E-state index in [2.05, 4.69) is 6.07 Å². The van der Waals surface area contributed by atoms with E-state index >= 15 is 0 Å². The van der Waals surface area contributed by atoms with Gasteiger partial charge >= 0.3 is 0 Å². The molecular formula is C22H16N4O5. The first-order valence-corrected chi connectivity index (χ1v) is 9.50. The first kappa shape index (κ1) is 20.0. The fourth-order valence-corrected chi connectivity index (χ4v) is 4.08. The Morgan fingerprint density at radius 1 is 1.10 bits per heavy atom. The number of non-ortho nitro benzene ring substituents is 2. The molecule has 31 heavy (non-hydrogen) atoms. The molecule has 2 aliphatic heterocycles. The Kier molecular flexibility index (Phi) is 5.05. The van der Waals surface area contributed by atoms with E-state index in [1.54, 1.807) is 36.4 Å². The summed E-state index contributed by atoms with van der Waals surface area (Å²) in [6.45, 7) is 0. The lowest BCUT2D eigenvalue weighted by Crippen LogP contribution is -2.41. The fourth-order valence-electron chi connectivity index (χ4n) is 4.08. The van der Waals surface area contributed by atoms with Crippen LogP contribution < -0.4 is 0 Å². The summed E-state index contributed by atoms with van der Waals surface area (Å²) in [5.74, 6) is -0.514. The minimum Gasteiger partial charge on any atom is -0.353 e. The molecular weight excluding hydrogens is 400 g/mol. The molecule has 1 fully saturated rings. The highest BCUT2D eigenvalue weighted by atomic mass is 16.6. The molecule has 9 nitrogen and oxygen atoms in total. The van der Waals surface area contributed by atoms with E-state index in [9.17, 15) is 30.3 Å². The van der Waals surface area contributed by atoms with Crippen molar-refractivity contribution in [1.29, 1.82) is 5.26 Å². The van der Waals surface area contributed by atoms with E-state index in [-0.39, 0.29) is 29.1 Å². The van der Waals surface area contributed by atoms with Gasteiger partial charge in [-0.2, -0.15) is 5.26 Å². The zero-order valence-electron chi connectivity index (χ0n) is 16.1. The van der Waals surface area contributed by atoms with Crippen molar-refractivity contribution in [2.75, 3.05) is 0 Å². The lowest BCUT2D eigenvalue weighted by atomic mass is 10.00. The molecule has 2 aliphatic rings. The third-order valence-electron chi connectivity index (χ3n) is 5.53. The molecule has 2 unspecified atom stereocenters. The van der Waals surface area contributed by atoms with Crippen molar-refractivity contribution >= 4 is 28.9 Å². The van der Waals surface area contributed by atoms with E-state index in [4.69, 9.17) is 0 Å². The second kappa shape index (κ2) is 7.84. The molecule has 0 aromatic heterocycles. The summed E-state index contributed by atoms with van der Waals surface area (Å²) in [6.07, 6.45) is 5.27. The molecule has 2 aromatic carbocycles. The summed E-state index contributed by atoms with van der Waals surface area (Å²) in [5, 5.41) is 31.8. The predicted molar refractivity (Wildman–Crippen MR) is 111 cm³/mol. The van der Waals surface area contributed by atoms with Crippen LogP contribution in [-0.2, 0) is 4.79 Å². The first-order chi connectivity index (χ1) is 14.9. The number of ketones is 1. The Hall–Kier alpha value is -4.32. The van der Waals surface area contributed by atoms with Crippen molar-refractivity contribution in [2.24, 2.45) is 5.92 Å². The van der Waals surface area contributed by atoms with Gasteiger partial charge in [0.2, 0.25) is 0 Å². The van der Waals surface area contributed by atoms with Crippen LogP contribution in [0.1, 0.15) is 17.5 Å². The molecule has 0 saturated carbocycles. The van der Waals surface area contributed by atoms with Crippen molar-refractivity contribution in [3.05, 3.63) is 92.0 Å². The second-order valence-corrected chi connectivity index (χ2v) is 7.33. The van der Waals surface area contributed by atoms with Gasteiger partial charge in [0.1, 0.15) is 0 Å². The van der Waals surface area contributed by atoms with Crippen molar-refractivity contribution in [3.8, 4) is 6.07 Å². The summed E-state index contributed by atoms with van der Waals surface area (Å²) < 4.78 is 0. The lowest BCUT2D eigenvalue weighted by molar-refractivity contribution is -0.385. The van der Waals surface area contributed by atoms with Gasteiger partial charge in [-0.3, -0.25) is 25.0 Å². The highest BCUT2D eigenvalue weighted by Crippen LogP contribution is 2.41. The van der Waals surface area contributed by atoms with Gasteiger partial charge in [0, 0.05) is 30.0 Å². The normalized spacial score (nSPS) is 22.3. The molecule has 2 aromatic rings. The van der Waals surface area contributed by atoms with E-state index in [0.29, 0.717) is 23.2 Å². The van der Waals surface area contributed by atoms with Crippen LogP contribution in [-0.4, -0.2) is 32.6 Å². The summed E-state index contributed by atoms with van der Waals surface area (Å²) >= 11 is 0. The van der Waals surface area contributed by atoms with Gasteiger partial charge in [0.15, 0.2) is 5.78 Å². The minimum atomic E-state index is -0.542. The Balaban J connectivity index is 1.86. The van der Waals surface area contributed by atoms with E-state index in [1.165, 1.54) is 30.3 Å². The van der Waals surface area contributed by atoms with Crippen LogP contribution in [0.15, 0.2) is 60.7 Å². The summed E-state index contributed by atoms with van der Waals surface area (Å²) in [5.41, 5.74) is 1.56. The van der Waals surface area contributed by atoms with E-state index in [0.717, 1.165) is 0 Å². The summed E-state index contributed by atoms with van der Waals surface area (Å²) in [6, 6.07) is 13.3.